The van der Waals surface area contributed by atoms with Gasteiger partial charge in [-0.1, -0.05) is 6.58 Å². The van der Waals surface area contributed by atoms with Gasteiger partial charge in [0.25, 0.3) is 11.2 Å². The molecule has 0 aromatic carbocycles. The van der Waals surface area contributed by atoms with Crippen molar-refractivity contribution < 1.29 is 29.6 Å². The van der Waals surface area contributed by atoms with Crippen molar-refractivity contribution in [1.29, 1.82) is 0 Å². The molecule has 1 aliphatic rings. The fourth-order valence-electron chi connectivity index (χ4n) is 2.35. The van der Waals surface area contributed by atoms with E-state index in [0.29, 0.717) is 18.2 Å². The number of nitrogens with zero attached hydrogens (tertiary/aromatic N) is 2. The predicted molar refractivity (Wildman–Crippen MR) is 70.9 cm³/mol. The predicted octanol–water partition coefficient (Wildman–Crippen LogP) is -0.0592. The minimum absolute atomic E-state index is 0.599. The minimum Gasteiger partial charge on any atom is -0.478 e. The molecule has 0 aromatic heterocycles. The van der Waals surface area contributed by atoms with Crippen LogP contribution < -0.4 is 0 Å². The number of carbonyl (C=O) groups excluding carboxylic acids is 1. The second-order valence-corrected chi connectivity index (χ2v) is 4.49. The molecule has 2 unspecified atom stereocenters. The van der Waals surface area contributed by atoms with E-state index in [1.54, 1.807) is 0 Å². The molecular weight excluding hydrogens is 300 g/mol. The van der Waals surface area contributed by atoms with Crippen LogP contribution in [0.15, 0.2) is 36.1 Å². The summed E-state index contributed by atoms with van der Waals surface area (Å²) in [6, 6.07) is 0. The molecule has 0 radical (unpaired) electrons. The summed E-state index contributed by atoms with van der Waals surface area (Å²) < 4.78 is 0. The molecule has 1 rings (SSSR count). The van der Waals surface area contributed by atoms with Gasteiger partial charge in [0.05, 0.1) is 23.2 Å². The average Bonchev–Trinajstić information content (AvgIpc) is 2.45. The molecule has 2 atom stereocenters. The lowest BCUT2D eigenvalue weighted by molar-refractivity contribution is -0.564. The van der Waals surface area contributed by atoms with Crippen LogP contribution in [0.1, 0.15) is 6.42 Å². The van der Waals surface area contributed by atoms with Crippen LogP contribution >= 0.6 is 0 Å². The van der Waals surface area contributed by atoms with E-state index in [4.69, 9.17) is 10.2 Å². The second-order valence-electron chi connectivity index (χ2n) is 4.49. The highest BCUT2D eigenvalue weighted by molar-refractivity contribution is 6.03. The highest BCUT2D eigenvalue weighted by Gasteiger charge is 2.57. The zero-order valence-corrected chi connectivity index (χ0v) is 11.2. The van der Waals surface area contributed by atoms with E-state index in [1.807, 2.05) is 0 Å². The molecule has 0 bridgehead atoms. The zero-order chi connectivity index (χ0) is 17.1. The first-order valence-electron chi connectivity index (χ1n) is 5.95. The van der Waals surface area contributed by atoms with Crippen molar-refractivity contribution in [3.8, 4) is 0 Å². The van der Waals surface area contributed by atoms with E-state index in [2.05, 4.69) is 6.58 Å². The average molecular weight is 312 g/mol. The first-order chi connectivity index (χ1) is 10.2. The Balaban J connectivity index is 3.72. The lowest BCUT2D eigenvalue weighted by atomic mass is 9.71. The highest BCUT2D eigenvalue weighted by atomic mass is 16.6. The standard InChI is InChI=1S/C12H12N2O8/c1-2-9(16)10-8(11(17)18)5-7(13(19)20)6-12(10,3-4-15)14(21)22/h2,5-6,10,15H,1,3-4H2,(H,17,18). The number of aliphatic hydroxyl groups excluding tert-OH is 1. The normalized spacial score (nSPS) is 24.0. The Morgan fingerprint density at radius 3 is 2.36 bits per heavy atom. The van der Waals surface area contributed by atoms with Crippen molar-refractivity contribution in [2.45, 2.75) is 12.0 Å². The summed E-state index contributed by atoms with van der Waals surface area (Å²) in [5, 5.41) is 40.5. The smallest absolute Gasteiger partial charge is 0.332 e. The van der Waals surface area contributed by atoms with Crippen LogP contribution in [0.5, 0.6) is 0 Å². The summed E-state index contributed by atoms with van der Waals surface area (Å²) >= 11 is 0. The van der Waals surface area contributed by atoms with E-state index in [9.17, 15) is 29.8 Å². The monoisotopic (exact) mass is 312 g/mol. The Hall–Kier alpha value is -2.88. The van der Waals surface area contributed by atoms with Gasteiger partial charge in [0.1, 0.15) is 5.92 Å². The van der Waals surface area contributed by atoms with E-state index in [-0.39, 0.29) is 0 Å². The van der Waals surface area contributed by atoms with Crippen molar-refractivity contribution in [3.05, 3.63) is 56.3 Å². The Bertz CT molecular complexity index is 621. The van der Waals surface area contributed by atoms with Crippen LogP contribution in [0.4, 0.5) is 0 Å². The van der Waals surface area contributed by atoms with Crippen LogP contribution in [0.2, 0.25) is 0 Å². The van der Waals surface area contributed by atoms with Crippen molar-refractivity contribution in [2.24, 2.45) is 5.92 Å². The fraction of sp³-hybridized carbons (Fsp3) is 0.333. The van der Waals surface area contributed by atoms with Crippen molar-refractivity contribution in [2.75, 3.05) is 6.61 Å². The van der Waals surface area contributed by atoms with Crippen LogP contribution in [0.3, 0.4) is 0 Å². The number of aliphatic carboxylic acids is 1. The molecule has 0 heterocycles. The number of hydrogen-bond donors (Lipinski definition) is 2. The van der Waals surface area contributed by atoms with E-state index in [0.717, 1.165) is 0 Å². The topological polar surface area (TPSA) is 161 Å². The molecule has 1 aliphatic carbocycles. The summed E-state index contributed by atoms with van der Waals surface area (Å²) in [4.78, 5) is 43.6. The van der Waals surface area contributed by atoms with Gasteiger partial charge >= 0.3 is 5.97 Å². The zero-order valence-electron chi connectivity index (χ0n) is 11.2. The molecular formula is C12H12N2O8. The van der Waals surface area contributed by atoms with Crippen molar-refractivity contribution in [1.82, 2.24) is 0 Å². The number of rotatable bonds is 7. The maximum absolute atomic E-state index is 11.9. The highest BCUT2D eigenvalue weighted by Crippen LogP contribution is 2.39. The number of carbonyl (C=O) groups is 2. The Labute approximate surface area is 123 Å². The first kappa shape index (κ1) is 17.2. The molecule has 10 nitrogen and oxygen atoms in total. The molecule has 118 valence electrons. The van der Waals surface area contributed by atoms with Crippen LogP contribution in [0.25, 0.3) is 0 Å². The third kappa shape index (κ3) is 2.76. The molecule has 0 aliphatic heterocycles. The van der Waals surface area contributed by atoms with Gasteiger partial charge in [0.2, 0.25) is 0 Å². The van der Waals surface area contributed by atoms with E-state index in [1.165, 1.54) is 0 Å². The van der Waals surface area contributed by atoms with Crippen molar-refractivity contribution in [3.63, 3.8) is 0 Å². The third-order valence-corrected chi connectivity index (χ3v) is 3.31. The first-order valence-corrected chi connectivity index (χ1v) is 5.95. The van der Waals surface area contributed by atoms with Gasteiger partial charge in [0.15, 0.2) is 5.78 Å². The maximum Gasteiger partial charge on any atom is 0.332 e. The van der Waals surface area contributed by atoms with Crippen LogP contribution in [-0.2, 0) is 9.59 Å². The van der Waals surface area contributed by atoms with E-state index >= 15 is 0 Å². The Kier molecular flexibility index (Phi) is 4.89. The number of ketones is 1. The maximum atomic E-state index is 11.9. The molecule has 0 saturated heterocycles. The van der Waals surface area contributed by atoms with Gasteiger partial charge in [0, 0.05) is 17.4 Å². The largest absolute Gasteiger partial charge is 0.478 e. The van der Waals surface area contributed by atoms with Gasteiger partial charge in [-0.25, -0.2) is 4.79 Å². The van der Waals surface area contributed by atoms with Gasteiger partial charge in [-0.05, 0) is 6.08 Å². The molecule has 0 amide bonds. The summed E-state index contributed by atoms with van der Waals surface area (Å²) in [5.74, 6) is -4.48. The molecule has 0 spiro atoms. The number of hydrogen-bond acceptors (Lipinski definition) is 7. The number of carboxylic acids is 1. The molecule has 0 fully saturated rings. The van der Waals surface area contributed by atoms with Gasteiger partial charge in [-0.2, -0.15) is 0 Å². The van der Waals surface area contributed by atoms with Gasteiger partial charge in [-0.15, -0.1) is 0 Å². The van der Waals surface area contributed by atoms with Crippen LogP contribution in [0, 0.1) is 26.1 Å². The molecule has 10 heteroatoms. The molecule has 2 N–H and O–H groups in total. The van der Waals surface area contributed by atoms with Crippen LogP contribution in [-0.4, -0.2) is 44.0 Å². The summed E-state index contributed by atoms with van der Waals surface area (Å²) in [7, 11) is 0. The quantitative estimate of drug-likeness (QED) is 0.375. The second kappa shape index (κ2) is 6.26. The number of carboxylic acid groups (broad SMARTS) is 1. The van der Waals surface area contributed by atoms with Gasteiger partial charge in [-0.3, -0.25) is 25.0 Å². The molecule has 22 heavy (non-hydrogen) atoms. The Morgan fingerprint density at radius 1 is 1.41 bits per heavy atom. The number of allylic oxidation sites excluding steroid dienone is 2. The summed E-state index contributed by atoms with van der Waals surface area (Å²) in [6.07, 6.45) is 1.25. The molecule has 0 aromatic rings. The van der Waals surface area contributed by atoms with Gasteiger partial charge < -0.3 is 10.2 Å². The van der Waals surface area contributed by atoms with Crippen molar-refractivity contribution >= 4 is 11.8 Å². The third-order valence-electron chi connectivity index (χ3n) is 3.31. The Morgan fingerprint density at radius 2 is 2.00 bits per heavy atom. The summed E-state index contributed by atoms with van der Waals surface area (Å²) in [6.45, 7) is 2.39. The lowest BCUT2D eigenvalue weighted by Gasteiger charge is -2.30. The lowest BCUT2D eigenvalue weighted by Crippen LogP contribution is -2.51. The number of nitro groups is 2. The summed E-state index contributed by atoms with van der Waals surface area (Å²) in [5.41, 5.74) is -4.04. The SMILES string of the molecule is C=CC(=O)C1C(C(=O)O)=CC([N+](=O)[O-])=CC1(CCO)[N+](=O)[O-]. The molecule has 0 saturated carbocycles. The fourth-order valence-corrected chi connectivity index (χ4v) is 2.35. The number of aliphatic hydroxyl groups is 1. The van der Waals surface area contributed by atoms with E-state index < -0.39 is 57.4 Å². The minimum atomic E-state index is -2.43.